The Morgan fingerprint density at radius 3 is 2.00 bits per heavy atom. The van der Waals surface area contributed by atoms with E-state index in [0.29, 0.717) is 5.25 Å². The van der Waals surface area contributed by atoms with Gasteiger partial charge in [-0.25, -0.2) is 0 Å². The number of rotatable bonds is 10. The summed E-state index contributed by atoms with van der Waals surface area (Å²) in [6.07, 6.45) is 4.05. The molecule has 1 rings (SSSR count). The lowest BCUT2D eigenvalue weighted by atomic mass is 9.77. The summed E-state index contributed by atoms with van der Waals surface area (Å²) in [5, 5.41) is 0.717. The van der Waals surface area contributed by atoms with Crippen molar-refractivity contribution in [1.29, 1.82) is 0 Å². The molecule has 0 radical (unpaired) electrons. The molecule has 4 atom stereocenters. The molecule has 0 aliphatic heterocycles. The maximum atomic E-state index is 5.63. The second-order valence-corrected chi connectivity index (χ2v) is 13.5. The summed E-state index contributed by atoms with van der Waals surface area (Å²) in [6.45, 7) is 17.6. The normalized spacial score (nSPS) is 23.3. The Morgan fingerprint density at radius 2 is 1.46 bits per heavy atom. The van der Waals surface area contributed by atoms with Gasteiger partial charge in [0.15, 0.2) is 0 Å². The van der Waals surface area contributed by atoms with Crippen molar-refractivity contribution < 1.29 is 0 Å². The van der Waals surface area contributed by atoms with Gasteiger partial charge in [0.1, 0.15) is 8.64 Å². The molecule has 2 nitrogen and oxygen atoms in total. The van der Waals surface area contributed by atoms with Gasteiger partial charge in [-0.05, 0) is 86.3 Å². The fourth-order valence-electron chi connectivity index (χ4n) is 3.46. The maximum Gasteiger partial charge on any atom is 0.147 e. The van der Waals surface area contributed by atoms with Gasteiger partial charge in [-0.3, -0.25) is 0 Å². The molecule has 164 valence electrons. The van der Waals surface area contributed by atoms with Gasteiger partial charge >= 0.3 is 0 Å². The van der Waals surface area contributed by atoms with E-state index in [2.05, 4.69) is 51.3 Å². The molecule has 0 spiro atoms. The second kappa shape index (κ2) is 15.1. The van der Waals surface area contributed by atoms with Crippen molar-refractivity contribution in [3.63, 3.8) is 0 Å². The van der Waals surface area contributed by atoms with Gasteiger partial charge in [-0.15, -0.1) is 0 Å². The van der Waals surface area contributed by atoms with Gasteiger partial charge in [0.05, 0.1) is 0 Å². The van der Waals surface area contributed by atoms with Crippen LogP contribution in [0.2, 0.25) is 0 Å². The third-order valence-electron chi connectivity index (χ3n) is 5.71. The Hall–Kier alpha value is 1.18. The molecular weight excluding hydrogens is 461 g/mol. The first kappa shape index (κ1) is 27.2. The quantitative estimate of drug-likeness (QED) is 0.223. The molecule has 28 heavy (non-hydrogen) atoms. The molecule has 0 amide bonds. The van der Waals surface area contributed by atoms with Crippen LogP contribution in [0.5, 0.6) is 0 Å². The summed E-state index contributed by atoms with van der Waals surface area (Å²) >= 11 is 11.2. The van der Waals surface area contributed by atoms with E-state index in [-0.39, 0.29) is 0 Å². The van der Waals surface area contributed by atoms with Gasteiger partial charge in [0.25, 0.3) is 0 Å². The predicted molar refractivity (Wildman–Crippen MR) is 146 cm³/mol. The average molecular weight is 499 g/mol. The van der Waals surface area contributed by atoms with Gasteiger partial charge in [-0.2, -0.15) is 0 Å². The van der Waals surface area contributed by atoms with E-state index in [1.165, 1.54) is 25.0 Å². The standard InChI is InChI=1S/C20H38N2S6/c1-7-21(8-2)19(23)27-25-14-16(6)17-12-11-15(5)18(13-17)26-28-20(24)22(9-3)10-4/h15-18H,7-14H2,1-6H3. The van der Waals surface area contributed by atoms with Crippen LogP contribution >= 0.6 is 67.6 Å². The smallest absolute Gasteiger partial charge is 0.147 e. The Balaban J connectivity index is 2.43. The van der Waals surface area contributed by atoms with Crippen molar-refractivity contribution in [3.05, 3.63) is 0 Å². The van der Waals surface area contributed by atoms with Gasteiger partial charge in [-0.1, -0.05) is 59.9 Å². The SMILES string of the molecule is CCN(CC)C(=S)SSCC(C)C1CCC(C)C(SSC(=S)N(CC)CC)C1. The van der Waals surface area contributed by atoms with E-state index in [4.69, 9.17) is 24.4 Å². The molecule has 1 saturated carbocycles. The van der Waals surface area contributed by atoms with Crippen molar-refractivity contribution in [2.75, 3.05) is 31.9 Å². The van der Waals surface area contributed by atoms with Crippen molar-refractivity contribution in [2.24, 2.45) is 17.8 Å². The average Bonchev–Trinajstić information content (AvgIpc) is 2.69. The van der Waals surface area contributed by atoms with Crippen molar-refractivity contribution in [1.82, 2.24) is 9.80 Å². The summed E-state index contributed by atoms with van der Waals surface area (Å²) in [5.41, 5.74) is 0. The lowest BCUT2D eigenvalue weighted by Gasteiger charge is -2.36. The minimum Gasteiger partial charge on any atom is -0.357 e. The summed E-state index contributed by atoms with van der Waals surface area (Å²) < 4.78 is 2.09. The van der Waals surface area contributed by atoms with Crippen LogP contribution < -0.4 is 0 Å². The van der Waals surface area contributed by atoms with E-state index >= 15 is 0 Å². The molecule has 8 heteroatoms. The largest absolute Gasteiger partial charge is 0.357 e. The molecule has 0 saturated heterocycles. The Labute approximate surface area is 200 Å². The Kier molecular flexibility index (Phi) is 14.6. The molecule has 0 aromatic heterocycles. The first-order chi connectivity index (χ1) is 13.4. The molecule has 0 N–H and O–H groups in total. The molecule has 0 heterocycles. The van der Waals surface area contributed by atoms with Gasteiger partial charge < -0.3 is 9.80 Å². The Morgan fingerprint density at radius 1 is 0.929 bits per heavy atom. The van der Waals surface area contributed by atoms with Crippen LogP contribution in [0, 0.1) is 17.8 Å². The zero-order valence-corrected chi connectivity index (χ0v) is 23.2. The van der Waals surface area contributed by atoms with Crippen LogP contribution in [-0.2, 0) is 0 Å². The van der Waals surface area contributed by atoms with Gasteiger partial charge in [0.2, 0.25) is 0 Å². The van der Waals surface area contributed by atoms with Crippen LogP contribution in [0.15, 0.2) is 0 Å². The summed E-state index contributed by atoms with van der Waals surface area (Å²) in [5.74, 6) is 3.55. The van der Waals surface area contributed by atoms with Crippen molar-refractivity contribution in [2.45, 2.75) is 66.1 Å². The molecule has 4 unspecified atom stereocenters. The molecule has 1 aliphatic carbocycles. The number of thiocarbonyl (C=S) groups is 2. The highest BCUT2D eigenvalue weighted by Crippen LogP contribution is 2.45. The number of hydrogen-bond donors (Lipinski definition) is 0. The lowest BCUT2D eigenvalue weighted by Crippen LogP contribution is -2.30. The second-order valence-electron chi connectivity index (χ2n) is 7.49. The van der Waals surface area contributed by atoms with Crippen molar-refractivity contribution >= 4 is 76.3 Å². The first-order valence-electron chi connectivity index (χ1n) is 10.6. The van der Waals surface area contributed by atoms with Crippen LogP contribution in [0.3, 0.4) is 0 Å². The maximum absolute atomic E-state index is 5.63. The molecular formula is C20H38N2S6. The zero-order valence-electron chi connectivity index (χ0n) is 18.3. The van der Waals surface area contributed by atoms with Crippen molar-refractivity contribution in [3.8, 4) is 0 Å². The third kappa shape index (κ3) is 9.13. The minimum absolute atomic E-state index is 0.717. The number of nitrogens with zero attached hydrogens (tertiary/aromatic N) is 2. The van der Waals surface area contributed by atoms with Crippen LogP contribution in [-0.4, -0.2) is 55.6 Å². The summed E-state index contributed by atoms with van der Waals surface area (Å²) in [7, 11) is 7.59. The van der Waals surface area contributed by atoms with E-state index < -0.39 is 0 Å². The summed E-state index contributed by atoms with van der Waals surface area (Å²) in [6, 6.07) is 0. The van der Waals surface area contributed by atoms with E-state index in [1.807, 2.05) is 32.4 Å². The molecule has 1 aliphatic rings. The predicted octanol–water partition coefficient (Wildman–Crippen LogP) is 7.44. The molecule has 0 bridgehead atoms. The third-order valence-corrected chi connectivity index (χ3v) is 12.7. The molecule has 0 aromatic carbocycles. The highest BCUT2D eigenvalue weighted by Gasteiger charge is 2.31. The van der Waals surface area contributed by atoms with E-state index in [1.54, 1.807) is 10.8 Å². The number of hydrogen-bond acceptors (Lipinski definition) is 6. The van der Waals surface area contributed by atoms with E-state index in [9.17, 15) is 0 Å². The molecule has 0 aromatic rings. The fourth-order valence-corrected chi connectivity index (χ4v) is 10.2. The van der Waals surface area contributed by atoms with Gasteiger partial charge in [0, 0.05) is 37.2 Å². The topological polar surface area (TPSA) is 6.48 Å². The summed E-state index contributed by atoms with van der Waals surface area (Å²) in [4.78, 5) is 4.55. The Bertz CT molecular complexity index is 468. The fraction of sp³-hybridized carbons (Fsp3) is 0.900. The van der Waals surface area contributed by atoms with Crippen LogP contribution in [0.1, 0.15) is 60.8 Å². The monoisotopic (exact) mass is 498 g/mol. The molecule has 1 fully saturated rings. The minimum atomic E-state index is 0.717. The highest BCUT2D eigenvalue weighted by atomic mass is 33.1. The van der Waals surface area contributed by atoms with Crippen LogP contribution in [0.25, 0.3) is 0 Å². The van der Waals surface area contributed by atoms with Crippen LogP contribution in [0.4, 0.5) is 0 Å². The first-order valence-corrected chi connectivity index (χ1v) is 15.9. The lowest BCUT2D eigenvalue weighted by molar-refractivity contribution is 0.245. The van der Waals surface area contributed by atoms with E-state index in [0.717, 1.165) is 52.6 Å². The zero-order chi connectivity index (χ0) is 21.1. The highest BCUT2D eigenvalue weighted by molar-refractivity contribution is 8.84.